The first-order chi connectivity index (χ1) is 18.3. The minimum atomic E-state index is -4.14. The summed E-state index contributed by atoms with van der Waals surface area (Å²) < 4.78 is 75.9. The van der Waals surface area contributed by atoms with Crippen molar-refractivity contribution < 1.29 is 31.4 Å². The summed E-state index contributed by atoms with van der Waals surface area (Å²) in [5.74, 6) is -1.78. The number of benzene rings is 2. The normalized spacial score (nSPS) is 17.2. The number of methoxy groups -OCH3 is 1. The second-order valence-corrected chi connectivity index (χ2v) is 11.0. The van der Waals surface area contributed by atoms with E-state index < -0.39 is 27.4 Å². The van der Waals surface area contributed by atoms with Gasteiger partial charge in [-0.3, -0.25) is 0 Å². The zero-order valence-electron chi connectivity index (χ0n) is 20.5. The van der Waals surface area contributed by atoms with Gasteiger partial charge in [0.1, 0.15) is 17.4 Å². The fourth-order valence-electron chi connectivity index (χ4n) is 5.21. The van der Waals surface area contributed by atoms with Gasteiger partial charge in [0, 0.05) is 29.4 Å². The van der Waals surface area contributed by atoms with Crippen molar-refractivity contribution in [3.05, 3.63) is 84.2 Å². The number of hydrogen-bond donors (Lipinski definition) is 0. The lowest BCUT2D eigenvalue weighted by molar-refractivity contribution is -0.159. The molecule has 1 saturated heterocycles. The van der Waals surface area contributed by atoms with Crippen LogP contribution in [0.25, 0.3) is 27.7 Å². The molecule has 1 aliphatic carbocycles. The first kappa shape index (κ1) is 24.7. The summed E-state index contributed by atoms with van der Waals surface area (Å²) in [7, 11) is -2.74. The Labute approximate surface area is 218 Å². The lowest BCUT2D eigenvalue weighted by atomic mass is 9.92. The number of fused-ring (bicyclic) bond motifs is 1. The molecular weight excluding hydrogens is 514 g/mol. The predicted octanol–water partition coefficient (Wildman–Crippen LogP) is 5.54. The zero-order chi connectivity index (χ0) is 26.5. The minimum Gasteiger partial charge on any atom is -0.496 e. The van der Waals surface area contributed by atoms with Crippen molar-refractivity contribution in [3.63, 3.8) is 0 Å². The van der Waals surface area contributed by atoms with Gasteiger partial charge in [-0.1, -0.05) is 24.3 Å². The summed E-state index contributed by atoms with van der Waals surface area (Å²) in [6, 6.07) is 13.4. The van der Waals surface area contributed by atoms with E-state index in [1.54, 1.807) is 24.3 Å². The van der Waals surface area contributed by atoms with E-state index >= 15 is 4.39 Å². The Morgan fingerprint density at radius 3 is 2.50 bits per heavy atom. The molecule has 1 spiro atoms. The second-order valence-electron chi connectivity index (χ2n) is 9.22. The lowest BCUT2D eigenvalue weighted by Crippen LogP contribution is -2.31. The molecule has 1 fully saturated rings. The molecule has 2 aliphatic rings. The Morgan fingerprint density at radius 1 is 1.05 bits per heavy atom. The quantitative estimate of drug-likeness (QED) is 0.332. The standard InChI is InChI=1S/C28H24F2N2O5S/c1-35-25-8-7-19(29)15-21(25)26-22-16-24(18-9-11-28(12-10-18)36-13-14-37-28)32(27(22)31-17-23(26)30)38(33,34)20-5-3-2-4-6-20/h2-9,15-17H,10-14H2,1H3. The van der Waals surface area contributed by atoms with Crippen LogP contribution in [0.4, 0.5) is 8.78 Å². The molecule has 0 radical (unpaired) electrons. The minimum absolute atomic E-state index is 0.00458. The van der Waals surface area contributed by atoms with Gasteiger partial charge in [0.15, 0.2) is 11.4 Å². The van der Waals surface area contributed by atoms with Gasteiger partial charge in [0.25, 0.3) is 10.0 Å². The average Bonchev–Trinajstić information content (AvgIpc) is 3.55. The van der Waals surface area contributed by atoms with E-state index in [-0.39, 0.29) is 32.8 Å². The van der Waals surface area contributed by atoms with Gasteiger partial charge >= 0.3 is 0 Å². The summed E-state index contributed by atoms with van der Waals surface area (Å²) >= 11 is 0. The summed E-state index contributed by atoms with van der Waals surface area (Å²) in [6.45, 7) is 1.02. The van der Waals surface area contributed by atoms with Crippen LogP contribution in [0, 0.1) is 11.6 Å². The van der Waals surface area contributed by atoms with Crippen molar-refractivity contribution in [2.45, 2.75) is 29.9 Å². The Balaban J connectivity index is 1.63. The third kappa shape index (κ3) is 4.00. The number of ether oxygens (including phenoxy) is 3. The molecule has 2 aromatic heterocycles. The molecule has 7 nitrogen and oxygen atoms in total. The maximum absolute atomic E-state index is 15.4. The number of rotatable bonds is 5. The molecule has 0 amide bonds. The van der Waals surface area contributed by atoms with Crippen LogP contribution in [-0.2, 0) is 19.5 Å². The molecule has 0 bridgehead atoms. The molecule has 196 valence electrons. The maximum atomic E-state index is 15.4. The van der Waals surface area contributed by atoms with Gasteiger partial charge in [-0.25, -0.2) is 26.2 Å². The van der Waals surface area contributed by atoms with E-state index in [4.69, 9.17) is 14.2 Å². The van der Waals surface area contributed by atoms with E-state index in [1.165, 1.54) is 31.4 Å². The highest BCUT2D eigenvalue weighted by molar-refractivity contribution is 7.90. The number of hydrogen-bond acceptors (Lipinski definition) is 6. The van der Waals surface area contributed by atoms with E-state index in [0.717, 1.165) is 21.8 Å². The molecule has 4 aromatic rings. The van der Waals surface area contributed by atoms with Crippen LogP contribution < -0.4 is 4.74 Å². The third-order valence-electron chi connectivity index (χ3n) is 7.03. The van der Waals surface area contributed by atoms with Gasteiger partial charge in [-0.2, -0.15) is 0 Å². The van der Waals surface area contributed by atoms with Crippen molar-refractivity contribution in [1.82, 2.24) is 8.96 Å². The van der Waals surface area contributed by atoms with E-state index in [9.17, 15) is 12.8 Å². The van der Waals surface area contributed by atoms with Gasteiger partial charge in [-0.15, -0.1) is 0 Å². The van der Waals surface area contributed by atoms with Gasteiger partial charge < -0.3 is 14.2 Å². The molecule has 2 aromatic carbocycles. The van der Waals surface area contributed by atoms with Gasteiger partial charge in [0.05, 0.1) is 37.1 Å². The molecule has 1 aliphatic heterocycles. The summed E-state index contributed by atoms with van der Waals surface area (Å²) in [5.41, 5.74) is 1.28. The molecule has 0 unspecified atom stereocenters. The van der Waals surface area contributed by atoms with Gasteiger partial charge in [0.2, 0.25) is 0 Å². The number of aromatic nitrogens is 2. The molecule has 6 rings (SSSR count). The SMILES string of the molecule is COc1ccc(F)cc1-c1c(F)cnc2c1cc(C1=CCC3(CC1)OCCO3)n2S(=O)(=O)c1ccccc1. The van der Waals surface area contributed by atoms with Gasteiger partial charge in [-0.05, 0) is 48.4 Å². The third-order valence-corrected chi connectivity index (χ3v) is 8.75. The predicted molar refractivity (Wildman–Crippen MR) is 137 cm³/mol. The molecule has 0 saturated carbocycles. The Bertz CT molecular complexity index is 1680. The Kier molecular flexibility index (Phi) is 6.05. The molecule has 3 heterocycles. The number of halogens is 2. The molecule has 38 heavy (non-hydrogen) atoms. The van der Waals surface area contributed by atoms with Crippen molar-refractivity contribution in [1.29, 1.82) is 0 Å². The van der Waals surface area contributed by atoms with E-state index in [0.29, 0.717) is 38.2 Å². The number of allylic oxidation sites excluding steroid dienone is 1. The van der Waals surface area contributed by atoms with E-state index in [2.05, 4.69) is 4.98 Å². The van der Waals surface area contributed by atoms with Crippen LogP contribution in [0.5, 0.6) is 5.75 Å². The van der Waals surface area contributed by atoms with Crippen LogP contribution >= 0.6 is 0 Å². The average molecular weight is 539 g/mol. The van der Waals surface area contributed by atoms with Crippen LogP contribution in [-0.4, -0.2) is 43.5 Å². The first-order valence-corrected chi connectivity index (χ1v) is 13.6. The largest absolute Gasteiger partial charge is 0.496 e. The summed E-state index contributed by atoms with van der Waals surface area (Å²) in [6.07, 6.45) is 4.31. The molecule has 0 N–H and O–H groups in total. The van der Waals surface area contributed by atoms with Crippen LogP contribution in [0.15, 0.2) is 71.8 Å². The lowest BCUT2D eigenvalue weighted by Gasteiger charge is -2.30. The number of nitrogens with zero attached hydrogens (tertiary/aromatic N) is 2. The zero-order valence-corrected chi connectivity index (χ0v) is 21.3. The summed E-state index contributed by atoms with van der Waals surface area (Å²) in [4.78, 5) is 4.28. The van der Waals surface area contributed by atoms with Crippen molar-refractivity contribution in [2.75, 3.05) is 20.3 Å². The monoisotopic (exact) mass is 538 g/mol. The van der Waals surface area contributed by atoms with Crippen molar-refractivity contribution in [2.24, 2.45) is 0 Å². The second kappa shape index (κ2) is 9.30. The highest BCUT2D eigenvalue weighted by atomic mass is 32.2. The topological polar surface area (TPSA) is 79.7 Å². The maximum Gasteiger partial charge on any atom is 0.269 e. The first-order valence-electron chi connectivity index (χ1n) is 12.1. The Hall–Kier alpha value is -3.60. The summed E-state index contributed by atoms with van der Waals surface area (Å²) in [5, 5.41) is 0.220. The molecule has 10 heteroatoms. The van der Waals surface area contributed by atoms with Crippen LogP contribution in [0.1, 0.15) is 25.0 Å². The highest BCUT2D eigenvalue weighted by Crippen LogP contribution is 2.43. The Morgan fingerprint density at radius 2 is 1.82 bits per heavy atom. The molecule has 0 atom stereocenters. The van der Waals surface area contributed by atoms with Crippen molar-refractivity contribution in [3.8, 4) is 16.9 Å². The molecular formula is C28H24F2N2O5S. The van der Waals surface area contributed by atoms with Crippen LogP contribution in [0.2, 0.25) is 0 Å². The fourth-order valence-corrected chi connectivity index (χ4v) is 6.73. The number of pyridine rings is 1. The fraction of sp³-hybridized carbons (Fsp3) is 0.250. The van der Waals surface area contributed by atoms with Crippen molar-refractivity contribution >= 4 is 26.6 Å². The van der Waals surface area contributed by atoms with Crippen LogP contribution in [0.3, 0.4) is 0 Å². The highest BCUT2D eigenvalue weighted by Gasteiger charge is 2.39. The van der Waals surface area contributed by atoms with E-state index in [1.807, 2.05) is 6.08 Å². The smallest absolute Gasteiger partial charge is 0.269 e.